The zero-order chi connectivity index (χ0) is 18.3. The number of nitrogens with zero attached hydrogens (tertiary/aromatic N) is 3. The Labute approximate surface area is 154 Å². The van der Waals surface area contributed by atoms with Gasteiger partial charge in [-0.15, -0.1) is 11.3 Å². The third-order valence-corrected chi connectivity index (χ3v) is 5.71. The average molecular weight is 370 g/mol. The second kappa shape index (κ2) is 6.64. The summed E-state index contributed by atoms with van der Waals surface area (Å²) >= 11 is 1.74. The number of carbonyl (C=O) groups is 1. The van der Waals surface area contributed by atoms with Crippen molar-refractivity contribution in [3.05, 3.63) is 46.3 Å². The Hall–Kier alpha value is -2.54. The van der Waals surface area contributed by atoms with Crippen LogP contribution in [-0.4, -0.2) is 29.5 Å². The number of hydrogen-bond donors (Lipinski definition) is 1. The number of benzene rings is 1. The zero-order valence-electron chi connectivity index (χ0n) is 14.7. The Bertz CT molecular complexity index is 983. The number of likely N-dealkylation sites (N-methyl/N-ethyl adjacent to an activating group) is 1. The molecule has 2 heterocycles. The highest BCUT2D eigenvalue weighted by atomic mass is 32.1. The first-order valence-electron chi connectivity index (χ1n) is 8.56. The third-order valence-electron chi connectivity index (χ3n) is 4.53. The molecule has 7 heteroatoms. The molecule has 1 aromatic carbocycles. The van der Waals surface area contributed by atoms with Crippen LogP contribution in [0.1, 0.15) is 22.7 Å². The molecule has 0 atom stereocenters. The Morgan fingerprint density at radius 1 is 1.27 bits per heavy atom. The van der Waals surface area contributed by atoms with Gasteiger partial charge in [-0.3, -0.25) is 4.79 Å². The van der Waals surface area contributed by atoms with Crippen LogP contribution in [0.5, 0.6) is 0 Å². The molecule has 0 bridgehead atoms. The molecular weight excluding hydrogens is 351 g/mol. The molecule has 134 valence electrons. The van der Waals surface area contributed by atoms with Crippen molar-refractivity contribution in [2.75, 3.05) is 23.8 Å². The summed E-state index contributed by atoms with van der Waals surface area (Å²) in [6, 6.07) is 5.74. The number of rotatable bonds is 4. The molecule has 2 aromatic heterocycles. The van der Waals surface area contributed by atoms with Gasteiger partial charge in [0.2, 0.25) is 5.91 Å². The molecule has 5 nitrogen and oxygen atoms in total. The van der Waals surface area contributed by atoms with Gasteiger partial charge in [-0.2, -0.15) is 0 Å². The molecule has 0 saturated carbocycles. The standard InChI is InChI=1S/C19H19FN4OS/c1-11-21-18(17-14-4-3-5-15(14)26-19(17)22-11)24(2)10-16(25)23-13-8-6-12(20)7-9-13/h6-9H,3-5,10H2,1-2H3,(H,23,25). The van der Waals surface area contributed by atoms with E-state index in [0.29, 0.717) is 11.5 Å². The number of nitrogens with one attached hydrogen (secondary N) is 1. The minimum absolute atomic E-state index is 0.160. The molecule has 26 heavy (non-hydrogen) atoms. The molecule has 0 radical (unpaired) electrons. The second-order valence-electron chi connectivity index (χ2n) is 6.54. The number of fused-ring (bicyclic) bond motifs is 3. The fraction of sp³-hybridized carbons (Fsp3) is 0.316. The van der Waals surface area contributed by atoms with Crippen molar-refractivity contribution in [3.63, 3.8) is 0 Å². The Morgan fingerprint density at radius 3 is 2.81 bits per heavy atom. The molecule has 1 aliphatic carbocycles. The van der Waals surface area contributed by atoms with E-state index in [1.165, 1.54) is 29.0 Å². The first-order chi connectivity index (χ1) is 12.5. The molecule has 0 aliphatic heterocycles. The maximum absolute atomic E-state index is 13.0. The lowest BCUT2D eigenvalue weighted by molar-refractivity contribution is -0.114. The quantitative estimate of drug-likeness (QED) is 0.761. The van der Waals surface area contributed by atoms with Crippen LogP contribution in [0.4, 0.5) is 15.9 Å². The lowest BCUT2D eigenvalue weighted by Gasteiger charge is -2.19. The highest BCUT2D eigenvalue weighted by molar-refractivity contribution is 7.19. The number of thiophene rings is 1. The van der Waals surface area contributed by atoms with E-state index >= 15 is 0 Å². The molecule has 4 rings (SSSR count). The molecule has 1 amide bonds. The summed E-state index contributed by atoms with van der Waals surface area (Å²) in [7, 11) is 1.87. The molecule has 1 N–H and O–H groups in total. The first-order valence-corrected chi connectivity index (χ1v) is 9.38. The highest BCUT2D eigenvalue weighted by Crippen LogP contribution is 2.40. The second-order valence-corrected chi connectivity index (χ2v) is 7.63. The summed E-state index contributed by atoms with van der Waals surface area (Å²) in [4.78, 5) is 25.8. The molecule has 0 fully saturated rings. The van der Waals surface area contributed by atoms with Crippen molar-refractivity contribution < 1.29 is 9.18 Å². The SMILES string of the molecule is Cc1nc(N(C)CC(=O)Nc2ccc(F)cc2)c2c3c(sc2n1)CCC3. The molecule has 1 aliphatic rings. The van der Waals surface area contributed by atoms with Crippen molar-refractivity contribution in [2.45, 2.75) is 26.2 Å². The number of aryl methyl sites for hydroxylation is 3. The Morgan fingerprint density at radius 2 is 2.04 bits per heavy atom. The summed E-state index contributed by atoms with van der Waals surface area (Å²) < 4.78 is 13.0. The molecule has 3 aromatic rings. The van der Waals surface area contributed by atoms with Crippen LogP contribution < -0.4 is 10.2 Å². The highest BCUT2D eigenvalue weighted by Gasteiger charge is 2.24. The first kappa shape index (κ1) is 16.9. The number of anilines is 2. The third kappa shape index (κ3) is 3.14. The van der Waals surface area contributed by atoms with Gasteiger partial charge in [0.25, 0.3) is 0 Å². The van der Waals surface area contributed by atoms with Crippen molar-refractivity contribution in [3.8, 4) is 0 Å². The van der Waals surface area contributed by atoms with Crippen LogP contribution in [0.15, 0.2) is 24.3 Å². The van der Waals surface area contributed by atoms with Gasteiger partial charge >= 0.3 is 0 Å². The van der Waals surface area contributed by atoms with E-state index in [4.69, 9.17) is 0 Å². The number of amides is 1. The van der Waals surface area contributed by atoms with Crippen molar-refractivity contribution >= 4 is 39.0 Å². The van der Waals surface area contributed by atoms with E-state index in [9.17, 15) is 9.18 Å². The van der Waals surface area contributed by atoms with Gasteiger partial charge in [-0.05, 0) is 56.0 Å². The van der Waals surface area contributed by atoms with Crippen LogP contribution >= 0.6 is 11.3 Å². The van der Waals surface area contributed by atoms with Crippen LogP contribution in [-0.2, 0) is 17.6 Å². The normalized spacial score (nSPS) is 13.0. The average Bonchev–Trinajstić information content (AvgIpc) is 3.16. The fourth-order valence-corrected chi connectivity index (χ4v) is 4.68. The smallest absolute Gasteiger partial charge is 0.243 e. The summed E-state index contributed by atoms with van der Waals surface area (Å²) in [5.74, 6) is 1.01. The van der Waals surface area contributed by atoms with E-state index < -0.39 is 0 Å². The minimum Gasteiger partial charge on any atom is -0.350 e. The summed E-state index contributed by atoms with van der Waals surface area (Å²) in [5, 5.41) is 3.88. The maximum Gasteiger partial charge on any atom is 0.243 e. The van der Waals surface area contributed by atoms with Crippen LogP contribution in [0.3, 0.4) is 0 Å². The van der Waals surface area contributed by atoms with Crippen molar-refractivity contribution in [2.24, 2.45) is 0 Å². The van der Waals surface area contributed by atoms with Crippen molar-refractivity contribution in [1.82, 2.24) is 9.97 Å². The number of hydrogen-bond acceptors (Lipinski definition) is 5. The topological polar surface area (TPSA) is 58.1 Å². The molecular formula is C19H19FN4OS. The zero-order valence-corrected chi connectivity index (χ0v) is 15.5. The maximum atomic E-state index is 13.0. The lowest BCUT2D eigenvalue weighted by Crippen LogP contribution is -2.31. The molecule has 0 unspecified atom stereocenters. The van der Waals surface area contributed by atoms with Gasteiger partial charge < -0.3 is 10.2 Å². The number of carbonyl (C=O) groups excluding carboxylic acids is 1. The van der Waals surface area contributed by atoms with E-state index in [1.54, 1.807) is 23.5 Å². The number of aromatic nitrogens is 2. The fourth-order valence-electron chi connectivity index (χ4n) is 3.38. The van der Waals surface area contributed by atoms with E-state index in [2.05, 4.69) is 15.3 Å². The predicted octanol–water partition coefficient (Wildman–Crippen LogP) is 3.70. The molecule has 0 saturated heterocycles. The van der Waals surface area contributed by atoms with Crippen LogP contribution in [0, 0.1) is 12.7 Å². The van der Waals surface area contributed by atoms with Gasteiger partial charge in [-0.25, -0.2) is 14.4 Å². The lowest BCUT2D eigenvalue weighted by atomic mass is 10.2. The van der Waals surface area contributed by atoms with Crippen molar-refractivity contribution in [1.29, 1.82) is 0 Å². The van der Waals surface area contributed by atoms with Gasteiger partial charge in [0.05, 0.1) is 11.9 Å². The minimum atomic E-state index is -0.328. The van der Waals surface area contributed by atoms with Gasteiger partial charge in [0, 0.05) is 17.6 Å². The van der Waals surface area contributed by atoms with Gasteiger partial charge in [-0.1, -0.05) is 0 Å². The van der Waals surface area contributed by atoms with E-state index in [-0.39, 0.29) is 18.3 Å². The predicted molar refractivity (Wildman–Crippen MR) is 102 cm³/mol. The van der Waals surface area contributed by atoms with E-state index in [0.717, 1.165) is 28.9 Å². The summed E-state index contributed by atoms with van der Waals surface area (Å²) in [6.07, 6.45) is 3.31. The number of halogens is 1. The Kier molecular flexibility index (Phi) is 4.32. The molecule has 0 spiro atoms. The summed E-state index contributed by atoms with van der Waals surface area (Å²) in [5.41, 5.74) is 1.91. The van der Waals surface area contributed by atoms with E-state index in [1.807, 2.05) is 18.9 Å². The van der Waals surface area contributed by atoms with Crippen LogP contribution in [0.25, 0.3) is 10.2 Å². The Balaban J connectivity index is 1.58. The van der Waals surface area contributed by atoms with Gasteiger partial charge in [0.15, 0.2) is 0 Å². The van der Waals surface area contributed by atoms with Gasteiger partial charge in [0.1, 0.15) is 22.3 Å². The summed E-state index contributed by atoms with van der Waals surface area (Å²) in [6.45, 7) is 2.04. The van der Waals surface area contributed by atoms with Crippen LogP contribution in [0.2, 0.25) is 0 Å². The monoisotopic (exact) mass is 370 g/mol. The largest absolute Gasteiger partial charge is 0.350 e.